The van der Waals surface area contributed by atoms with Gasteiger partial charge in [-0.05, 0) is 51.4 Å². The molecule has 178 valence electrons. The molecule has 2 aromatic heterocycles. The summed E-state index contributed by atoms with van der Waals surface area (Å²) in [6.45, 7) is 0. The van der Waals surface area contributed by atoms with Crippen LogP contribution < -0.4 is 0 Å². The second-order valence-electron chi connectivity index (χ2n) is 9.80. The molecular formula is C36H23NO. The molecule has 2 nitrogen and oxygen atoms in total. The summed E-state index contributed by atoms with van der Waals surface area (Å²) in [5, 5.41) is 9.53. The lowest BCUT2D eigenvalue weighted by atomic mass is 9.98. The first-order chi connectivity index (χ1) is 18.8. The van der Waals surface area contributed by atoms with Gasteiger partial charge >= 0.3 is 0 Å². The van der Waals surface area contributed by atoms with Crippen molar-refractivity contribution in [3.05, 3.63) is 133 Å². The highest BCUT2D eigenvalue weighted by Crippen LogP contribution is 2.38. The average Bonchev–Trinajstić information content (AvgIpc) is 3.38. The van der Waals surface area contributed by atoms with Gasteiger partial charge in [-0.2, -0.15) is 0 Å². The summed E-state index contributed by atoms with van der Waals surface area (Å²) in [4.78, 5) is 3.78. The number of hydrogen-bond donors (Lipinski definition) is 1. The number of aromatic amines is 1. The van der Waals surface area contributed by atoms with Gasteiger partial charge in [0.2, 0.25) is 0 Å². The van der Waals surface area contributed by atoms with Gasteiger partial charge in [-0.25, -0.2) is 0 Å². The number of para-hydroxylation sites is 3. The second-order valence-corrected chi connectivity index (χ2v) is 9.80. The van der Waals surface area contributed by atoms with E-state index in [0.29, 0.717) is 0 Å². The zero-order chi connectivity index (χ0) is 25.1. The molecule has 0 unspecified atom stereocenters. The molecule has 0 amide bonds. The Labute approximate surface area is 219 Å². The number of H-pyrrole nitrogens is 1. The molecule has 0 saturated carbocycles. The van der Waals surface area contributed by atoms with Gasteiger partial charge in [-0.3, -0.25) is 0 Å². The molecule has 2 heteroatoms. The largest absolute Gasteiger partial charge is 0.455 e. The standard InChI is InChI=1S/C36H23NO/c1-3-12-27-25(10-1)26-11-2-4-13-28(26)32-22-23(20-21-34(32)37-33-18-7-5-14-29(27)33)24-16-9-17-31-30-15-6-8-19-35(30)38-36(24)31/h1-22,37H. The van der Waals surface area contributed by atoms with E-state index in [2.05, 4.69) is 126 Å². The lowest BCUT2D eigenvalue weighted by Gasteiger charge is -2.07. The van der Waals surface area contributed by atoms with Crippen LogP contribution in [0.25, 0.3) is 76.4 Å². The Hall–Kier alpha value is -5.08. The fraction of sp³-hybridized carbons (Fsp3) is 0. The summed E-state index contributed by atoms with van der Waals surface area (Å²) in [5.74, 6) is 0. The molecule has 38 heavy (non-hydrogen) atoms. The molecule has 0 aliphatic carbocycles. The van der Waals surface area contributed by atoms with Gasteiger partial charge in [0.15, 0.2) is 0 Å². The van der Waals surface area contributed by atoms with Gasteiger partial charge in [0, 0.05) is 38.1 Å². The van der Waals surface area contributed by atoms with Crippen molar-refractivity contribution in [2.45, 2.75) is 0 Å². The van der Waals surface area contributed by atoms with Crippen molar-refractivity contribution < 1.29 is 4.42 Å². The summed E-state index contributed by atoms with van der Waals surface area (Å²) in [7, 11) is 0. The number of hydrogen-bond acceptors (Lipinski definition) is 1. The molecule has 1 N–H and O–H groups in total. The van der Waals surface area contributed by atoms with Crippen LogP contribution in [0.3, 0.4) is 0 Å². The van der Waals surface area contributed by atoms with Gasteiger partial charge in [-0.15, -0.1) is 0 Å². The second kappa shape index (κ2) is 8.22. The van der Waals surface area contributed by atoms with Crippen LogP contribution in [-0.2, 0) is 0 Å². The van der Waals surface area contributed by atoms with Crippen molar-refractivity contribution >= 4 is 65.3 Å². The number of furan rings is 1. The third-order valence-corrected chi connectivity index (χ3v) is 7.66. The molecule has 0 fully saturated rings. The molecule has 0 bridgehead atoms. The maximum Gasteiger partial charge on any atom is 0.143 e. The SMILES string of the molecule is c1ccc2c(c1)[nH]c1ccc(-c3cccc4c3oc3ccccc34)cc1c1ccccc1c1ccccc21. The molecule has 2 heterocycles. The minimum absolute atomic E-state index is 0.915. The first kappa shape index (κ1) is 21.0. The van der Waals surface area contributed by atoms with Crippen LogP contribution in [0, 0.1) is 0 Å². The van der Waals surface area contributed by atoms with Crippen LogP contribution in [0.5, 0.6) is 0 Å². The van der Waals surface area contributed by atoms with Crippen LogP contribution in [0.4, 0.5) is 0 Å². The van der Waals surface area contributed by atoms with Crippen LogP contribution in [0.2, 0.25) is 0 Å². The Morgan fingerprint density at radius 2 is 0.947 bits per heavy atom. The minimum atomic E-state index is 0.915. The molecule has 0 spiro atoms. The van der Waals surface area contributed by atoms with Crippen molar-refractivity contribution in [3.63, 3.8) is 0 Å². The van der Waals surface area contributed by atoms with Gasteiger partial charge in [0.25, 0.3) is 0 Å². The van der Waals surface area contributed by atoms with E-state index in [4.69, 9.17) is 4.42 Å². The van der Waals surface area contributed by atoms with E-state index < -0.39 is 0 Å². The third-order valence-electron chi connectivity index (χ3n) is 7.66. The number of fused-ring (bicyclic) bond motifs is 10. The average molecular weight is 486 g/mol. The van der Waals surface area contributed by atoms with E-state index >= 15 is 0 Å². The molecule has 0 atom stereocenters. The predicted molar refractivity (Wildman–Crippen MR) is 161 cm³/mol. The summed E-state index contributed by atoms with van der Waals surface area (Å²) < 4.78 is 6.39. The molecule has 0 aliphatic heterocycles. The Bertz CT molecular complexity index is 2250. The molecule has 8 rings (SSSR count). The zero-order valence-electron chi connectivity index (χ0n) is 20.6. The highest BCUT2D eigenvalue weighted by atomic mass is 16.3. The molecule has 8 aromatic rings. The molecule has 0 radical (unpaired) electrons. The highest BCUT2D eigenvalue weighted by Gasteiger charge is 2.13. The molecule has 0 aliphatic rings. The maximum atomic E-state index is 6.39. The van der Waals surface area contributed by atoms with E-state index in [1.165, 1.54) is 26.9 Å². The number of nitrogens with one attached hydrogen (secondary N) is 1. The van der Waals surface area contributed by atoms with E-state index in [9.17, 15) is 0 Å². The smallest absolute Gasteiger partial charge is 0.143 e. The fourth-order valence-electron chi connectivity index (χ4n) is 5.90. The molecule has 0 saturated heterocycles. The Balaban J connectivity index is 1.55. The normalized spacial score (nSPS) is 11.7. The van der Waals surface area contributed by atoms with Crippen molar-refractivity contribution in [1.29, 1.82) is 0 Å². The first-order valence-electron chi connectivity index (χ1n) is 12.9. The predicted octanol–water partition coefficient (Wildman–Crippen LogP) is 10.3. The van der Waals surface area contributed by atoms with Gasteiger partial charge < -0.3 is 9.40 Å². The van der Waals surface area contributed by atoms with Crippen molar-refractivity contribution in [1.82, 2.24) is 4.98 Å². The van der Waals surface area contributed by atoms with Crippen LogP contribution in [0.1, 0.15) is 0 Å². The van der Waals surface area contributed by atoms with Gasteiger partial charge in [-0.1, -0.05) is 109 Å². The van der Waals surface area contributed by atoms with Crippen LogP contribution >= 0.6 is 0 Å². The summed E-state index contributed by atoms with van der Waals surface area (Å²) in [5.41, 5.74) is 6.25. The van der Waals surface area contributed by atoms with Crippen molar-refractivity contribution in [2.75, 3.05) is 0 Å². The van der Waals surface area contributed by atoms with E-state index in [-0.39, 0.29) is 0 Å². The molecular weight excluding hydrogens is 462 g/mol. The lowest BCUT2D eigenvalue weighted by molar-refractivity contribution is 0.670. The number of rotatable bonds is 1. The van der Waals surface area contributed by atoms with E-state index in [0.717, 1.165) is 49.5 Å². The van der Waals surface area contributed by atoms with Crippen LogP contribution in [-0.4, -0.2) is 4.98 Å². The Kier molecular flexibility index (Phi) is 4.55. The number of aromatic nitrogens is 1. The Morgan fingerprint density at radius 3 is 1.71 bits per heavy atom. The summed E-state index contributed by atoms with van der Waals surface area (Å²) >= 11 is 0. The molecule has 6 aromatic carbocycles. The highest BCUT2D eigenvalue weighted by molar-refractivity contribution is 6.19. The third kappa shape index (κ3) is 3.14. The Morgan fingerprint density at radius 1 is 0.395 bits per heavy atom. The van der Waals surface area contributed by atoms with Crippen molar-refractivity contribution in [3.8, 4) is 11.1 Å². The zero-order valence-corrected chi connectivity index (χ0v) is 20.6. The van der Waals surface area contributed by atoms with Gasteiger partial charge in [0.1, 0.15) is 11.2 Å². The first-order valence-corrected chi connectivity index (χ1v) is 12.9. The van der Waals surface area contributed by atoms with E-state index in [1.807, 2.05) is 12.1 Å². The van der Waals surface area contributed by atoms with Crippen LogP contribution in [0.15, 0.2) is 138 Å². The maximum absolute atomic E-state index is 6.39. The van der Waals surface area contributed by atoms with Gasteiger partial charge in [0.05, 0.1) is 0 Å². The summed E-state index contributed by atoms with van der Waals surface area (Å²) in [6, 6.07) is 47.4. The van der Waals surface area contributed by atoms with Crippen molar-refractivity contribution in [2.24, 2.45) is 0 Å². The minimum Gasteiger partial charge on any atom is -0.455 e. The summed E-state index contributed by atoms with van der Waals surface area (Å²) in [6.07, 6.45) is 0. The van der Waals surface area contributed by atoms with E-state index in [1.54, 1.807) is 0 Å². The number of benzene rings is 6. The fourth-order valence-corrected chi connectivity index (χ4v) is 5.90. The lowest BCUT2D eigenvalue weighted by Crippen LogP contribution is -1.82. The monoisotopic (exact) mass is 485 g/mol. The quantitative estimate of drug-likeness (QED) is 0.246. The topological polar surface area (TPSA) is 28.9 Å².